The van der Waals surface area contributed by atoms with Gasteiger partial charge in [-0.15, -0.1) is 0 Å². The molecular formula is C11H13N3O3. The summed E-state index contributed by atoms with van der Waals surface area (Å²) in [7, 11) is 1.32. The average molecular weight is 235 g/mol. The number of nitrogen functional groups attached to an aromatic ring is 1. The zero-order chi connectivity index (χ0) is 12.4. The van der Waals surface area contributed by atoms with E-state index in [-0.39, 0.29) is 18.3 Å². The van der Waals surface area contributed by atoms with Gasteiger partial charge < -0.3 is 10.5 Å². The lowest BCUT2D eigenvalue weighted by Gasteiger charge is -2.14. The molecule has 0 saturated carbocycles. The third-order valence-electron chi connectivity index (χ3n) is 2.71. The maximum atomic E-state index is 11.7. The third-order valence-corrected chi connectivity index (χ3v) is 2.71. The smallest absolute Gasteiger partial charge is 0.311 e. The summed E-state index contributed by atoms with van der Waals surface area (Å²) in [5.74, 6) is -0.392. The number of hydrogen-bond donors (Lipinski definition) is 1. The molecule has 2 N–H and O–H groups in total. The van der Waals surface area contributed by atoms with Crippen LogP contribution in [0.5, 0.6) is 0 Å². The van der Waals surface area contributed by atoms with Crippen LogP contribution < -0.4 is 10.6 Å². The largest absolute Gasteiger partial charge is 0.469 e. The number of ether oxygens (including phenoxy) is 1. The number of aromatic nitrogens is 1. The zero-order valence-corrected chi connectivity index (χ0v) is 9.42. The van der Waals surface area contributed by atoms with Crippen LogP contribution in [0.2, 0.25) is 0 Å². The Kier molecular flexibility index (Phi) is 2.95. The molecule has 0 aliphatic carbocycles. The van der Waals surface area contributed by atoms with Crippen molar-refractivity contribution in [3.05, 3.63) is 18.3 Å². The van der Waals surface area contributed by atoms with E-state index < -0.39 is 5.92 Å². The van der Waals surface area contributed by atoms with Crippen LogP contribution in [0.3, 0.4) is 0 Å². The fourth-order valence-electron chi connectivity index (χ4n) is 1.81. The fourth-order valence-corrected chi connectivity index (χ4v) is 1.81. The molecule has 2 heterocycles. The molecule has 90 valence electrons. The van der Waals surface area contributed by atoms with Gasteiger partial charge in [-0.25, -0.2) is 4.98 Å². The number of carbonyl (C=O) groups is 2. The summed E-state index contributed by atoms with van der Waals surface area (Å²) in [6, 6.07) is 3.33. The number of methoxy groups -OCH3 is 1. The van der Waals surface area contributed by atoms with Crippen molar-refractivity contribution in [2.45, 2.75) is 6.42 Å². The van der Waals surface area contributed by atoms with Crippen LogP contribution in [-0.2, 0) is 14.3 Å². The third kappa shape index (κ3) is 2.20. The Bertz CT molecular complexity index is 444. The number of rotatable bonds is 2. The van der Waals surface area contributed by atoms with Gasteiger partial charge in [0.1, 0.15) is 5.82 Å². The Balaban J connectivity index is 2.15. The zero-order valence-electron chi connectivity index (χ0n) is 9.42. The summed E-state index contributed by atoms with van der Waals surface area (Å²) >= 11 is 0. The lowest BCUT2D eigenvalue weighted by atomic mass is 10.1. The standard InChI is InChI=1S/C11H13N3O3/c1-17-11(16)7-4-10(15)14(6-7)9-3-2-8(12)5-13-9/h2-3,5,7H,4,6,12H2,1H3. The average Bonchev–Trinajstić information content (AvgIpc) is 2.71. The van der Waals surface area contributed by atoms with Crippen LogP contribution in [-0.4, -0.2) is 30.5 Å². The second kappa shape index (κ2) is 4.40. The number of amides is 1. The Morgan fingerprint density at radius 2 is 2.35 bits per heavy atom. The number of anilines is 2. The molecule has 1 aliphatic rings. The van der Waals surface area contributed by atoms with Crippen molar-refractivity contribution in [2.24, 2.45) is 5.92 Å². The maximum Gasteiger partial charge on any atom is 0.311 e. The Morgan fingerprint density at radius 1 is 1.59 bits per heavy atom. The lowest BCUT2D eigenvalue weighted by molar-refractivity contribution is -0.145. The van der Waals surface area contributed by atoms with Crippen molar-refractivity contribution in [1.29, 1.82) is 0 Å². The summed E-state index contributed by atoms with van der Waals surface area (Å²) in [5, 5.41) is 0. The molecule has 2 rings (SSSR count). The van der Waals surface area contributed by atoms with Crippen molar-refractivity contribution in [2.75, 3.05) is 24.3 Å². The van der Waals surface area contributed by atoms with Gasteiger partial charge in [0.25, 0.3) is 0 Å². The Hall–Kier alpha value is -2.11. The fraction of sp³-hybridized carbons (Fsp3) is 0.364. The molecule has 1 fully saturated rings. The van der Waals surface area contributed by atoms with Crippen molar-refractivity contribution in [3.8, 4) is 0 Å². The van der Waals surface area contributed by atoms with Gasteiger partial charge in [0.15, 0.2) is 0 Å². The Labute approximate surface area is 98.4 Å². The molecular weight excluding hydrogens is 222 g/mol. The van der Waals surface area contributed by atoms with Crippen molar-refractivity contribution < 1.29 is 14.3 Å². The van der Waals surface area contributed by atoms with Crippen molar-refractivity contribution in [3.63, 3.8) is 0 Å². The molecule has 1 atom stereocenters. The van der Waals surface area contributed by atoms with Gasteiger partial charge >= 0.3 is 5.97 Å². The normalized spacial score (nSPS) is 19.5. The number of pyridine rings is 1. The molecule has 0 spiro atoms. The minimum absolute atomic E-state index is 0.127. The topological polar surface area (TPSA) is 85.5 Å². The summed E-state index contributed by atoms with van der Waals surface area (Å²) in [6.07, 6.45) is 1.65. The van der Waals surface area contributed by atoms with Crippen LogP contribution >= 0.6 is 0 Å². The minimum Gasteiger partial charge on any atom is -0.469 e. The van der Waals surface area contributed by atoms with Gasteiger partial charge in [-0.05, 0) is 12.1 Å². The summed E-state index contributed by atoms with van der Waals surface area (Å²) < 4.78 is 4.63. The molecule has 0 radical (unpaired) electrons. The van der Waals surface area contributed by atoms with E-state index in [1.165, 1.54) is 18.2 Å². The highest BCUT2D eigenvalue weighted by atomic mass is 16.5. The van der Waals surface area contributed by atoms with Gasteiger partial charge in [-0.3, -0.25) is 14.5 Å². The van der Waals surface area contributed by atoms with Gasteiger partial charge in [0.05, 0.1) is 24.9 Å². The lowest BCUT2D eigenvalue weighted by Crippen LogP contribution is -2.26. The molecule has 1 aromatic rings. The first-order chi connectivity index (χ1) is 8.11. The maximum absolute atomic E-state index is 11.7. The summed E-state index contributed by atoms with van der Waals surface area (Å²) in [6.45, 7) is 0.308. The van der Waals surface area contributed by atoms with Crippen molar-refractivity contribution in [1.82, 2.24) is 4.98 Å². The second-order valence-electron chi connectivity index (χ2n) is 3.88. The SMILES string of the molecule is COC(=O)C1CC(=O)N(c2ccc(N)cn2)C1. The van der Waals surface area contributed by atoms with Crippen LogP contribution in [0.25, 0.3) is 0 Å². The highest BCUT2D eigenvalue weighted by molar-refractivity contribution is 5.98. The van der Waals surface area contributed by atoms with Crippen LogP contribution in [0.15, 0.2) is 18.3 Å². The molecule has 1 amide bonds. The molecule has 6 heteroatoms. The molecule has 1 saturated heterocycles. The molecule has 0 aromatic carbocycles. The van der Waals surface area contributed by atoms with Gasteiger partial charge in [-0.2, -0.15) is 0 Å². The highest BCUT2D eigenvalue weighted by Crippen LogP contribution is 2.24. The van der Waals surface area contributed by atoms with E-state index in [1.54, 1.807) is 12.1 Å². The van der Waals surface area contributed by atoms with E-state index in [1.807, 2.05) is 0 Å². The molecule has 6 nitrogen and oxygen atoms in total. The highest BCUT2D eigenvalue weighted by Gasteiger charge is 2.36. The first-order valence-corrected chi connectivity index (χ1v) is 5.21. The van der Waals surface area contributed by atoms with Crippen LogP contribution in [0.1, 0.15) is 6.42 Å². The number of nitrogens with two attached hydrogens (primary N) is 1. The van der Waals surface area contributed by atoms with Crippen LogP contribution in [0.4, 0.5) is 11.5 Å². The van der Waals surface area contributed by atoms with Gasteiger partial charge in [0.2, 0.25) is 5.91 Å². The first-order valence-electron chi connectivity index (χ1n) is 5.21. The molecule has 1 aliphatic heterocycles. The number of hydrogen-bond acceptors (Lipinski definition) is 5. The molecule has 1 unspecified atom stereocenters. The van der Waals surface area contributed by atoms with E-state index >= 15 is 0 Å². The van der Waals surface area contributed by atoms with E-state index in [0.29, 0.717) is 18.1 Å². The number of nitrogens with zero attached hydrogens (tertiary/aromatic N) is 2. The number of carbonyl (C=O) groups excluding carboxylic acids is 2. The summed E-state index contributed by atoms with van der Waals surface area (Å²) in [5.41, 5.74) is 6.05. The van der Waals surface area contributed by atoms with E-state index in [2.05, 4.69) is 9.72 Å². The molecule has 1 aromatic heterocycles. The van der Waals surface area contributed by atoms with E-state index in [4.69, 9.17) is 5.73 Å². The molecule has 0 bridgehead atoms. The van der Waals surface area contributed by atoms with Gasteiger partial charge in [0, 0.05) is 13.0 Å². The predicted molar refractivity (Wildman–Crippen MR) is 61.1 cm³/mol. The quantitative estimate of drug-likeness (QED) is 0.739. The van der Waals surface area contributed by atoms with E-state index in [0.717, 1.165) is 0 Å². The molecule has 17 heavy (non-hydrogen) atoms. The van der Waals surface area contributed by atoms with Gasteiger partial charge in [-0.1, -0.05) is 0 Å². The van der Waals surface area contributed by atoms with Crippen LogP contribution in [0, 0.1) is 5.92 Å². The van der Waals surface area contributed by atoms with Crippen molar-refractivity contribution >= 4 is 23.4 Å². The predicted octanol–water partition coefficient (Wildman–Crippen LogP) is 0.190. The Morgan fingerprint density at radius 3 is 2.94 bits per heavy atom. The minimum atomic E-state index is -0.410. The second-order valence-corrected chi connectivity index (χ2v) is 3.88. The monoisotopic (exact) mass is 235 g/mol. The first kappa shape index (κ1) is 11.4. The summed E-state index contributed by atoms with van der Waals surface area (Å²) in [4.78, 5) is 28.6. The van der Waals surface area contributed by atoms with E-state index in [9.17, 15) is 9.59 Å². The number of esters is 1.